The summed E-state index contributed by atoms with van der Waals surface area (Å²) in [4.78, 5) is 39.3. The molecule has 0 bridgehead atoms. The molecule has 2 aromatic carbocycles. The van der Waals surface area contributed by atoms with Crippen molar-refractivity contribution < 1.29 is 33.7 Å². The summed E-state index contributed by atoms with van der Waals surface area (Å²) in [5.74, 6) is -3.49. The highest BCUT2D eigenvalue weighted by Gasteiger charge is 2.45. The topological polar surface area (TPSA) is 104 Å². The molecule has 9 heteroatoms. The molecule has 1 saturated heterocycles. The Morgan fingerprint density at radius 3 is 2.26 bits per heavy atom. The van der Waals surface area contributed by atoms with E-state index in [1.54, 1.807) is 20.8 Å². The molecule has 1 fully saturated rings. The third kappa shape index (κ3) is 5.65. The predicted octanol–water partition coefficient (Wildman–Crippen LogP) is 5.41. The Kier molecular flexibility index (Phi) is 7.57. The number of carboxylic acid groups (broad SMARTS) is 1. The number of benzene rings is 2. The number of ketones is 1. The average molecular weight is 506 g/mol. The van der Waals surface area contributed by atoms with Crippen LogP contribution in [0.1, 0.15) is 78.8 Å². The Bertz CT molecular complexity index is 1140. The second-order valence-corrected chi connectivity index (χ2v) is 10.3. The van der Waals surface area contributed by atoms with Crippen molar-refractivity contribution in [3.05, 3.63) is 69.5 Å². The highest BCUT2D eigenvalue weighted by atomic mass is 35.5. The van der Waals surface area contributed by atoms with E-state index in [-0.39, 0.29) is 11.1 Å². The lowest BCUT2D eigenvalue weighted by molar-refractivity contribution is -0.0642. The Morgan fingerprint density at radius 2 is 1.69 bits per heavy atom. The predicted molar refractivity (Wildman–Crippen MR) is 128 cm³/mol. The molecule has 2 atom stereocenters. The van der Waals surface area contributed by atoms with Gasteiger partial charge in [0.1, 0.15) is 17.0 Å². The fourth-order valence-corrected chi connectivity index (χ4v) is 4.47. The van der Waals surface area contributed by atoms with Crippen molar-refractivity contribution in [1.82, 2.24) is 4.90 Å². The standard InChI is InChI=1S/C26H29ClFNO6/c1-25(2,3)35-24(33)29-14-6-5-7-19(29)26(4,34)18-13-12-17(23(31)32)20(21(18)28)22(30)15-8-10-16(27)11-9-15/h8-13,19,34H,5-7,14H2,1-4H3,(H,31,32). The summed E-state index contributed by atoms with van der Waals surface area (Å²) in [7, 11) is 0. The molecule has 188 valence electrons. The Labute approximate surface area is 208 Å². The van der Waals surface area contributed by atoms with E-state index in [9.17, 15) is 24.6 Å². The molecule has 2 N–H and O–H groups in total. The average Bonchev–Trinajstić information content (AvgIpc) is 2.77. The fraction of sp³-hybridized carbons (Fsp3) is 0.423. The van der Waals surface area contributed by atoms with Gasteiger partial charge in [0, 0.05) is 22.7 Å². The molecule has 1 aliphatic rings. The van der Waals surface area contributed by atoms with Gasteiger partial charge in [-0.05, 0) is 77.3 Å². The third-order valence-corrected chi connectivity index (χ3v) is 6.28. The molecular formula is C26H29ClFNO6. The van der Waals surface area contributed by atoms with Crippen LogP contribution < -0.4 is 0 Å². The number of ether oxygens (including phenoxy) is 1. The second kappa shape index (κ2) is 9.95. The zero-order chi connectivity index (χ0) is 26.1. The van der Waals surface area contributed by atoms with E-state index in [1.807, 2.05) is 0 Å². The molecule has 1 aliphatic heterocycles. The SMILES string of the molecule is CC(C)(C)OC(=O)N1CCCCC1C(C)(O)c1ccc(C(=O)O)c(C(=O)c2ccc(Cl)cc2)c1F. The number of amides is 1. The van der Waals surface area contributed by atoms with Crippen LogP contribution in [-0.4, -0.2) is 51.1 Å². The van der Waals surface area contributed by atoms with Gasteiger partial charge in [-0.2, -0.15) is 0 Å². The number of rotatable bonds is 5. The molecule has 1 amide bonds. The molecule has 3 rings (SSSR count). The van der Waals surface area contributed by atoms with Crippen LogP contribution in [0.25, 0.3) is 0 Å². The molecule has 2 aromatic rings. The summed E-state index contributed by atoms with van der Waals surface area (Å²) >= 11 is 5.87. The zero-order valence-corrected chi connectivity index (χ0v) is 20.9. The van der Waals surface area contributed by atoms with Gasteiger partial charge in [-0.1, -0.05) is 17.7 Å². The summed E-state index contributed by atoms with van der Waals surface area (Å²) in [5.41, 5.74) is -4.14. The molecule has 0 aromatic heterocycles. The number of nitrogens with zero attached hydrogens (tertiary/aromatic N) is 1. The highest BCUT2D eigenvalue weighted by molar-refractivity contribution is 6.30. The summed E-state index contributed by atoms with van der Waals surface area (Å²) in [6.07, 6.45) is 1.10. The van der Waals surface area contributed by atoms with E-state index >= 15 is 4.39 Å². The van der Waals surface area contributed by atoms with Gasteiger partial charge in [-0.3, -0.25) is 4.79 Å². The quantitative estimate of drug-likeness (QED) is 0.527. The van der Waals surface area contributed by atoms with Crippen LogP contribution in [0.15, 0.2) is 36.4 Å². The molecule has 2 unspecified atom stereocenters. The summed E-state index contributed by atoms with van der Waals surface area (Å²) in [6, 6.07) is 7.01. The number of hydrogen-bond acceptors (Lipinski definition) is 5. The van der Waals surface area contributed by atoms with Gasteiger partial charge in [0.05, 0.1) is 17.2 Å². The molecule has 1 heterocycles. The van der Waals surface area contributed by atoms with Crippen LogP contribution in [0, 0.1) is 5.82 Å². The smallest absolute Gasteiger partial charge is 0.410 e. The van der Waals surface area contributed by atoms with Gasteiger partial charge < -0.3 is 19.8 Å². The molecule has 35 heavy (non-hydrogen) atoms. The van der Waals surface area contributed by atoms with Crippen molar-refractivity contribution in [2.75, 3.05) is 6.54 Å². The Hall–Kier alpha value is -2.97. The lowest BCUT2D eigenvalue weighted by atomic mass is 9.80. The lowest BCUT2D eigenvalue weighted by Gasteiger charge is -2.44. The van der Waals surface area contributed by atoms with Gasteiger partial charge in [-0.15, -0.1) is 0 Å². The number of aromatic carboxylic acids is 1. The zero-order valence-electron chi connectivity index (χ0n) is 20.1. The van der Waals surface area contributed by atoms with Crippen LogP contribution in [0.2, 0.25) is 5.02 Å². The number of hydrogen-bond donors (Lipinski definition) is 2. The van der Waals surface area contributed by atoms with Gasteiger partial charge in [0.2, 0.25) is 0 Å². The van der Waals surface area contributed by atoms with Crippen LogP contribution in [0.5, 0.6) is 0 Å². The number of carbonyl (C=O) groups excluding carboxylic acids is 2. The first kappa shape index (κ1) is 26.6. The molecule has 7 nitrogen and oxygen atoms in total. The number of carbonyl (C=O) groups is 3. The second-order valence-electron chi connectivity index (χ2n) is 9.82. The fourth-order valence-electron chi connectivity index (χ4n) is 4.35. The number of piperidine rings is 1. The van der Waals surface area contributed by atoms with Crippen LogP contribution >= 0.6 is 11.6 Å². The summed E-state index contributed by atoms with van der Waals surface area (Å²) < 4.78 is 21.4. The normalized spacial score (nSPS) is 18.0. The van der Waals surface area contributed by atoms with Crippen LogP contribution in [-0.2, 0) is 10.3 Å². The monoisotopic (exact) mass is 505 g/mol. The number of carboxylic acids is 1. The maximum absolute atomic E-state index is 16.0. The number of halogens is 2. The first-order valence-corrected chi connectivity index (χ1v) is 11.7. The van der Waals surface area contributed by atoms with E-state index in [4.69, 9.17) is 16.3 Å². The molecule has 0 spiro atoms. The summed E-state index contributed by atoms with van der Waals surface area (Å²) in [5, 5.41) is 21.6. The van der Waals surface area contributed by atoms with Crippen molar-refractivity contribution in [3.8, 4) is 0 Å². The van der Waals surface area contributed by atoms with Gasteiger partial charge in [0.25, 0.3) is 0 Å². The lowest BCUT2D eigenvalue weighted by Crippen LogP contribution is -2.55. The van der Waals surface area contributed by atoms with Crippen molar-refractivity contribution in [3.63, 3.8) is 0 Å². The van der Waals surface area contributed by atoms with E-state index in [1.165, 1.54) is 36.1 Å². The Morgan fingerprint density at radius 1 is 1.06 bits per heavy atom. The minimum absolute atomic E-state index is 0.0423. The van der Waals surface area contributed by atoms with Crippen molar-refractivity contribution >= 4 is 29.4 Å². The largest absolute Gasteiger partial charge is 0.478 e. The molecule has 0 aliphatic carbocycles. The van der Waals surface area contributed by atoms with Crippen molar-refractivity contribution in [1.29, 1.82) is 0 Å². The van der Waals surface area contributed by atoms with Gasteiger partial charge in [-0.25, -0.2) is 14.0 Å². The number of aliphatic hydroxyl groups is 1. The van der Waals surface area contributed by atoms with Crippen molar-refractivity contribution in [2.24, 2.45) is 0 Å². The van der Waals surface area contributed by atoms with E-state index < -0.39 is 52.0 Å². The van der Waals surface area contributed by atoms with E-state index in [0.29, 0.717) is 30.8 Å². The number of likely N-dealkylation sites (tertiary alicyclic amines) is 1. The van der Waals surface area contributed by atoms with Crippen LogP contribution in [0.4, 0.5) is 9.18 Å². The van der Waals surface area contributed by atoms with Crippen LogP contribution in [0.3, 0.4) is 0 Å². The first-order valence-electron chi connectivity index (χ1n) is 11.3. The highest BCUT2D eigenvalue weighted by Crippen LogP contribution is 2.38. The maximum atomic E-state index is 16.0. The third-order valence-electron chi connectivity index (χ3n) is 6.03. The molecular weight excluding hydrogens is 477 g/mol. The molecule has 0 radical (unpaired) electrons. The van der Waals surface area contributed by atoms with Gasteiger partial charge in [0.15, 0.2) is 5.78 Å². The minimum atomic E-state index is -1.94. The maximum Gasteiger partial charge on any atom is 0.410 e. The Balaban J connectivity index is 2.10. The van der Waals surface area contributed by atoms with Crippen molar-refractivity contribution in [2.45, 2.75) is 64.2 Å². The van der Waals surface area contributed by atoms with E-state index in [0.717, 1.165) is 12.1 Å². The minimum Gasteiger partial charge on any atom is -0.478 e. The first-order chi connectivity index (χ1) is 16.2. The van der Waals surface area contributed by atoms with E-state index in [2.05, 4.69) is 0 Å². The summed E-state index contributed by atoms with van der Waals surface area (Å²) in [6.45, 7) is 6.83. The van der Waals surface area contributed by atoms with Gasteiger partial charge >= 0.3 is 12.1 Å². The molecule has 0 saturated carbocycles.